The van der Waals surface area contributed by atoms with Crippen molar-refractivity contribution in [2.75, 3.05) is 19.6 Å². The van der Waals surface area contributed by atoms with Crippen LogP contribution in [0.1, 0.15) is 72.7 Å². The molecule has 7 nitrogen and oxygen atoms in total. The first kappa shape index (κ1) is 22.1. The second kappa shape index (κ2) is 10.1. The molecule has 0 spiro atoms. The highest BCUT2D eigenvalue weighted by Crippen LogP contribution is 2.40. The van der Waals surface area contributed by atoms with Crippen LogP contribution < -0.4 is 10.6 Å². The number of likely N-dealkylation sites (tertiary alicyclic amines) is 1. The Morgan fingerprint density at radius 2 is 1.88 bits per heavy atom. The second-order valence-electron chi connectivity index (χ2n) is 9.91. The summed E-state index contributed by atoms with van der Waals surface area (Å²) < 4.78 is 5.35. The molecule has 0 bridgehead atoms. The maximum Gasteiger partial charge on any atom is 0.273 e. The Bertz CT molecular complexity index is 949. The highest BCUT2D eigenvalue weighted by Gasteiger charge is 2.34. The minimum absolute atomic E-state index is 0.0233. The fraction of sp³-hybridized carbons (Fsp3) is 0.577. The topological polar surface area (TPSA) is 87.5 Å². The monoisotopic (exact) mass is 450 g/mol. The lowest BCUT2D eigenvalue weighted by Crippen LogP contribution is -2.53. The largest absolute Gasteiger partial charge is 0.360 e. The fourth-order valence-electron chi connectivity index (χ4n) is 5.26. The zero-order valence-electron chi connectivity index (χ0n) is 19.2. The minimum atomic E-state index is -0.177. The molecule has 2 aliphatic heterocycles. The van der Waals surface area contributed by atoms with Crippen molar-refractivity contribution in [2.24, 2.45) is 5.92 Å². The van der Waals surface area contributed by atoms with Crippen LogP contribution >= 0.6 is 0 Å². The third-order valence-electron chi connectivity index (χ3n) is 7.35. The molecule has 3 heterocycles. The number of amides is 2. The summed E-state index contributed by atoms with van der Waals surface area (Å²) in [6.45, 7) is 2.69. The van der Waals surface area contributed by atoms with Gasteiger partial charge in [0.2, 0.25) is 5.91 Å². The van der Waals surface area contributed by atoms with Crippen LogP contribution in [0.3, 0.4) is 0 Å². The first-order valence-electron chi connectivity index (χ1n) is 12.5. The number of rotatable bonds is 7. The average Bonchev–Trinajstić information content (AvgIpc) is 3.56. The van der Waals surface area contributed by atoms with Crippen LogP contribution in [-0.2, 0) is 11.2 Å². The number of nitrogens with one attached hydrogen (secondary N) is 2. The van der Waals surface area contributed by atoms with E-state index in [4.69, 9.17) is 4.52 Å². The van der Waals surface area contributed by atoms with Gasteiger partial charge in [0.25, 0.3) is 5.91 Å². The van der Waals surface area contributed by atoms with Gasteiger partial charge in [0, 0.05) is 37.0 Å². The van der Waals surface area contributed by atoms with Gasteiger partial charge in [-0.15, -0.1) is 0 Å². The molecule has 2 saturated heterocycles. The predicted octanol–water partition coefficient (Wildman–Crippen LogP) is 3.27. The SMILES string of the molecule is O=C(NC1CCN(C(=O)CC2CCNCC2)C(Cc2ccccc2)C1)c1cc(C2CC2)on1. The summed E-state index contributed by atoms with van der Waals surface area (Å²) >= 11 is 0. The van der Waals surface area contributed by atoms with Crippen molar-refractivity contribution < 1.29 is 14.1 Å². The van der Waals surface area contributed by atoms with Gasteiger partial charge in [-0.2, -0.15) is 0 Å². The van der Waals surface area contributed by atoms with E-state index < -0.39 is 0 Å². The molecule has 1 aliphatic carbocycles. The van der Waals surface area contributed by atoms with Gasteiger partial charge in [-0.05, 0) is 69.5 Å². The van der Waals surface area contributed by atoms with Gasteiger partial charge in [-0.3, -0.25) is 9.59 Å². The lowest BCUT2D eigenvalue weighted by Gasteiger charge is -2.40. The minimum Gasteiger partial charge on any atom is -0.360 e. The molecule has 2 unspecified atom stereocenters. The molecule has 3 fully saturated rings. The molecule has 2 N–H and O–H groups in total. The maximum absolute atomic E-state index is 13.3. The number of carbonyl (C=O) groups is 2. The molecule has 2 aromatic rings. The standard InChI is InChI=1S/C26H34N4O3/c31-25(15-19-8-11-27-12-9-19)30-13-10-21(16-22(30)14-18-4-2-1-3-5-18)28-26(32)23-17-24(33-29-23)20-6-7-20/h1-5,17,19-22,27H,6-16H2,(H,28,32). The van der Waals surface area contributed by atoms with E-state index in [0.29, 0.717) is 30.5 Å². The number of benzene rings is 1. The van der Waals surface area contributed by atoms with E-state index in [1.165, 1.54) is 5.56 Å². The smallest absolute Gasteiger partial charge is 0.273 e. The first-order chi connectivity index (χ1) is 16.2. The number of aromatic nitrogens is 1. The van der Waals surface area contributed by atoms with E-state index in [0.717, 1.165) is 63.8 Å². The Labute approximate surface area is 195 Å². The van der Waals surface area contributed by atoms with Crippen LogP contribution in [-0.4, -0.2) is 53.6 Å². The number of nitrogens with zero attached hydrogens (tertiary/aromatic N) is 2. The summed E-state index contributed by atoms with van der Waals surface area (Å²) in [6, 6.07) is 12.2. The molecule has 3 aliphatic rings. The Hall–Kier alpha value is -2.67. The van der Waals surface area contributed by atoms with Gasteiger partial charge in [0.05, 0.1) is 0 Å². The van der Waals surface area contributed by atoms with Gasteiger partial charge in [-0.1, -0.05) is 35.5 Å². The second-order valence-corrected chi connectivity index (χ2v) is 9.91. The highest BCUT2D eigenvalue weighted by atomic mass is 16.5. The van der Waals surface area contributed by atoms with E-state index in [2.05, 4.69) is 32.8 Å². The molecule has 1 aromatic carbocycles. The summed E-state index contributed by atoms with van der Waals surface area (Å²) in [5.41, 5.74) is 1.58. The van der Waals surface area contributed by atoms with E-state index >= 15 is 0 Å². The summed E-state index contributed by atoms with van der Waals surface area (Å²) in [6.07, 6.45) is 7.33. The van der Waals surface area contributed by atoms with Crippen molar-refractivity contribution in [1.29, 1.82) is 0 Å². The van der Waals surface area contributed by atoms with Crippen LogP contribution in [0.15, 0.2) is 40.9 Å². The quantitative estimate of drug-likeness (QED) is 0.676. The molecule has 0 radical (unpaired) electrons. The molecule has 1 saturated carbocycles. The Kier molecular flexibility index (Phi) is 6.76. The van der Waals surface area contributed by atoms with Gasteiger partial charge in [0.15, 0.2) is 5.69 Å². The normalized spacial score (nSPS) is 23.9. The van der Waals surface area contributed by atoms with Crippen LogP contribution in [0.2, 0.25) is 0 Å². The number of carbonyl (C=O) groups excluding carboxylic acids is 2. The van der Waals surface area contributed by atoms with E-state index in [-0.39, 0.29) is 23.9 Å². The molecule has 2 amide bonds. The lowest BCUT2D eigenvalue weighted by molar-refractivity contribution is -0.136. The van der Waals surface area contributed by atoms with Gasteiger partial charge in [-0.25, -0.2) is 0 Å². The van der Waals surface area contributed by atoms with Crippen molar-refractivity contribution in [3.63, 3.8) is 0 Å². The van der Waals surface area contributed by atoms with Gasteiger partial charge >= 0.3 is 0 Å². The molecule has 33 heavy (non-hydrogen) atoms. The summed E-state index contributed by atoms with van der Waals surface area (Å²) in [4.78, 5) is 28.2. The molecule has 176 valence electrons. The third kappa shape index (κ3) is 5.64. The molecular formula is C26H34N4O3. The van der Waals surface area contributed by atoms with Gasteiger partial charge in [0.1, 0.15) is 5.76 Å². The third-order valence-corrected chi connectivity index (χ3v) is 7.35. The van der Waals surface area contributed by atoms with Crippen molar-refractivity contribution in [1.82, 2.24) is 20.7 Å². The Morgan fingerprint density at radius 3 is 2.64 bits per heavy atom. The average molecular weight is 451 g/mol. The zero-order chi connectivity index (χ0) is 22.6. The van der Waals surface area contributed by atoms with Crippen molar-refractivity contribution in [2.45, 2.75) is 69.4 Å². The van der Waals surface area contributed by atoms with E-state index in [1.54, 1.807) is 6.07 Å². The van der Waals surface area contributed by atoms with Gasteiger partial charge < -0.3 is 20.1 Å². The van der Waals surface area contributed by atoms with Crippen molar-refractivity contribution >= 4 is 11.8 Å². The molecule has 7 heteroatoms. The number of piperidine rings is 2. The summed E-state index contributed by atoms with van der Waals surface area (Å²) in [7, 11) is 0. The zero-order valence-corrected chi connectivity index (χ0v) is 19.2. The summed E-state index contributed by atoms with van der Waals surface area (Å²) in [5.74, 6) is 1.81. The maximum atomic E-state index is 13.3. The fourth-order valence-corrected chi connectivity index (χ4v) is 5.26. The Balaban J connectivity index is 1.24. The van der Waals surface area contributed by atoms with Crippen molar-refractivity contribution in [3.05, 3.63) is 53.4 Å². The van der Waals surface area contributed by atoms with Crippen molar-refractivity contribution in [3.8, 4) is 0 Å². The Morgan fingerprint density at radius 1 is 1.09 bits per heavy atom. The molecule has 5 rings (SSSR count). The molecular weight excluding hydrogens is 416 g/mol. The predicted molar refractivity (Wildman–Crippen MR) is 125 cm³/mol. The number of hydrogen-bond donors (Lipinski definition) is 2. The number of hydrogen-bond acceptors (Lipinski definition) is 5. The lowest BCUT2D eigenvalue weighted by atomic mass is 9.89. The van der Waals surface area contributed by atoms with Crippen LogP contribution in [0.5, 0.6) is 0 Å². The van der Waals surface area contributed by atoms with E-state index in [1.807, 2.05) is 18.2 Å². The first-order valence-corrected chi connectivity index (χ1v) is 12.5. The highest BCUT2D eigenvalue weighted by molar-refractivity contribution is 5.92. The van der Waals surface area contributed by atoms with Crippen LogP contribution in [0, 0.1) is 5.92 Å². The molecule has 1 aromatic heterocycles. The molecule has 2 atom stereocenters. The van der Waals surface area contributed by atoms with Crippen LogP contribution in [0.4, 0.5) is 0 Å². The van der Waals surface area contributed by atoms with E-state index in [9.17, 15) is 9.59 Å². The summed E-state index contributed by atoms with van der Waals surface area (Å²) in [5, 5.41) is 10.5. The van der Waals surface area contributed by atoms with Crippen LogP contribution in [0.25, 0.3) is 0 Å².